The molecule has 1 aliphatic carbocycles. The highest BCUT2D eigenvalue weighted by atomic mass is 16.1. The minimum atomic E-state index is -0.345. The number of carbonyl (C=O) groups excluding carboxylic acids is 1. The summed E-state index contributed by atoms with van der Waals surface area (Å²) in [5.41, 5.74) is 5.11. The third-order valence-corrected chi connectivity index (χ3v) is 2.21. The molecule has 0 aromatic rings. The van der Waals surface area contributed by atoms with E-state index in [4.69, 9.17) is 11.0 Å². The second-order valence-corrected chi connectivity index (χ2v) is 3.40. The Bertz CT molecular complexity index is 215. The number of amides is 1. The maximum atomic E-state index is 10.4. The van der Waals surface area contributed by atoms with Gasteiger partial charge in [0.2, 0.25) is 5.91 Å². The Morgan fingerprint density at radius 2 is 2.33 bits per heavy atom. The average molecular weight is 167 g/mol. The number of hydrogen-bond acceptors (Lipinski definition) is 3. The van der Waals surface area contributed by atoms with Gasteiger partial charge in [0.15, 0.2) is 0 Å². The molecule has 0 radical (unpaired) electrons. The summed E-state index contributed by atoms with van der Waals surface area (Å²) in [7, 11) is 0. The van der Waals surface area contributed by atoms with Crippen LogP contribution in [0, 0.1) is 16.7 Å². The predicted octanol–water partition coefficient (Wildman–Crippen LogP) is -0.245. The zero-order valence-corrected chi connectivity index (χ0v) is 6.97. The number of carbonyl (C=O) groups is 1. The molecular formula is C8H13N3O. The van der Waals surface area contributed by atoms with Gasteiger partial charge < -0.3 is 11.1 Å². The summed E-state index contributed by atoms with van der Waals surface area (Å²) in [5, 5.41) is 11.4. The molecule has 1 fully saturated rings. The highest BCUT2D eigenvalue weighted by molar-refractivity contribution is 5.75. The van der Waals surface area contributed by atoms with E-state index in [9.17, 15) is 4.79 Å². The van der Waals surface area contributed by atoms with Gasteiger partial charge >= 0.3 is 0 Å². The molecule has 1 saturated carbocycles. The van der Waals surface area contributed by atoms with Gasteiger partial charge in [0.25, 0.3) is 0 Å². The zero-order valence-electron chi connectivity index (χ0n) is 6.97. The van der Waals surface area contributed by atoms with Crippen LogP contribution in [0.4, 0.5) is 0 Å². The lowest BCUT2D eigenvalue weighted by atomic mass is 10.0. The Balaban J connectivity index is 2.15. The Morgan fingerprint density at radius 3 is 2.75 bits per heavy atom. The lowest BCUT2D eigenvalue weighted by Crippen LogP contribution is -2.32. The number of nitrogens with two attached hydrogens (primary N) is 1. The van der Waals surface area contributed by atoms with Crippen molar-refractivity contribution in [3.8, 4) is 6.07 Å². The molecule has 0 bridgehead atoms. The van der Waals surface area contributed by atoms with Crippen LogP contribution in [0.2, 0.25) is 0 Å². The molecule has 4 nitrogen and oxygen atoms in total. The fourth-order valence-electron chi connectivity index (χ4n) is 1.21. The third kappa shape index (κ3) is 2.51. The summed E-state index contributed by atoms with van der Waals surface area (Å²) >= 11 is 0. The van der Waals surface area contributed by atoms with E-state index < -0.39 is 0 Å². The van der Waals surface area contributed by atoms with E-state index in [2.05, 4.69) is 11.4 Å². The molecule has 0 aliphatic heterocycles. The Hall–Kier alpha value is -1.08. The van der Waals surface area contributed by atoms with Crippen molar-refractivity contribution in [3.05, 3.63) is 0 Å². The van der Waals surface area contributed by atoms with Crippen molar-refractivity contribution in [1.29, 1.82) is 5.26 Å². The molecule has 1 rings (SSSR count). The summed E-state index contributed by atoms with van der Waals surface area (Å²) in [6.45, 7) is 0.955. The van der Waals surface area contributed by atoms with E-state index in [1.54, 1.807) is 0 Å². The van der Waals surface area contributed by atoms with Crippen molar-refractivity contribution in [2.75, 3.05) is 13.1 Å². The first-order valence-electron chi connectivity index (χ1n) is 4.04. The van der Waals surface area contributed by atoms with Crippen molar-refractivity contribution in [2.24, 2.45) is 11.1 Å². The van der Waals surface area contributed by atoms with Crippen LogP contribution in [0.3, 0.4) is 0 Å². The highest BCUT2D eigenvalue weighted by Crippen LogP contribution is 2.47. The number of nitriles is 1. The van der Waals surface area contributed by atoms with Gasteiger partial charge in [-0.15, -0.1) is 0 Å². The van der Waals surface area contributed by atoms with E-state index in [0.717, 1.165) is 19.4 Å². The number of rotatable bonds is 5. The average Bonchev–Trinajstić information content (AvgIpc) is 2.69. The third-order valence-electron chi connectivity index (χ3n) is 2.21. The van der Waals surface area contributed by atoms with Gasteiger partial charge in [-0.2, -0.15) is 5.26 Å². The van der Waals surface area contributed by atoms with Crippen LogP contribution in [-0.4, -0.2) is 19.0 Å². The first-order valence-corrected chi connectivity index (χ1v) is 4.04. The van der Waals surface area contributed by atoms with Gasteiger partial charge in [-0.25, -0.2) is 0 Å². The van der Waals surface area contributed by atoms with Crippen molar-refractivity contribution in [3.63, 3.8) is 0 Å². The van der Waals surface area contributed by atoms with Crippen molar-refractivity contribution >= 4 is 5.91 Å². The minimum absolute atomic E-state index is 0.157. The predicted molar refractivity (Wildman–Crippen MR) is 44.0 cm³/mol. The fraction of sp³-hybridized carbons (Fsp3) is 0.750. The topological polar surface area (TPSA) is 78.9 Å². The lowest BCUT2D eigenvalue weighted by molar-refractivity contribution is -0.117. The molecule has 0 spiro atoms. The van der Waals surface area contributed by atoms with E-state index >= 15 is 0 Å². The van der Waals surface area contributed by atoms with Crippen LogP contribution >= 0.6 is 0 Å². The molecule has 0 unspecified atom stereocenters. The smallest absolute Gasteiger partial charge is 0.231 e. The Morgan fingerprint density at radius 1 is 1.67 bits per heavy atom. The van der Waals surface area contributed by atoms with Gasteiger partial charge in [-0.1, -0.05) is 0 Å². The number of hydrogen-bond donors (Lipinski definition) is 2. The summed E-state index contributed by atoms with van der Waals surface area (Å²) < 4.78 is 0. The van der Waals surface area contributed by atoms with Gasteiger partial charge in [-0.05, 0) is 18.3 Å². The van der Waals surface area contributed by atoms with Crippen molar-refractivity contribution in [1.82, 2.24) is 5.32 Å². The molecule has 0 aromatic heterocycles. The van der Waals surface area contributed by atoms with Crippen molar-refractivity contribution in [2.45, 2.75) is 19.3 Å². The summed E-state index contributed by atoms with van der Waals surface area (Å²) in [6, 6.07) is 2.15. The first-order chi connectivity index (χ1) is 5.68. The molecule has 1 amide bonds. The van der Waals surface area contributed by atoms with Crippen LogP contribution < -0.4 is 11.1 Å². The van der Waals surface area contributed by atoms with Gasteiger partial charge in [0, 0.05) is 13.0 Å². The number of nitrogens with one attached hydrogen (secondary N) is 1. The molecule has 0 aromatic carbocycles. The number of primary amides is 1. The van der Waals surface area contributed by atoms with Crippen LogP contribution in [0.25, 0.3) is 0 Å². The first kappa shape index (κ1) is 9.01. The monoisotopic (exact) mass is 167 g/mol. The zero-order chi connectivity index (χ0) is 9.03. The van der Waals surface area contributed by atoms with E-state index in [-0.39, 0.29) is 17.9 Å². The van der Waals surface area contributed by atoms with Crippen LogP contribution in [0.5, 0.6) is 0 Å². The second-order valence-electron chi connectivity index (χ2n) is 3.40. The van der Waals surface area contributed by atoms with E-state index in [1.165, 1.54) is 0 Å². The molecular weight excluding hydrogens is 154 g/mol. The Kier molecular flexibility index (Phi) is 2.66. The van der Waals surface area contributed by atoms with E-state index in [1.807, 2.05) is 0 Å². The normalized spacial score (nSPS) is 18.2. The largest absolute Gasteiger partial charge is 0.369 e. The lowest BCUT2D eigenvalue weighted by Gasteiger charge is -2.10. The van der Waals surface area contributed by atoms with E-state index in [0.29, 0.717) is 6.42 Å². The van der Waals surface area contributed by atoms with Gasteiger partial charge in [0.05, 0.1) is 12.6 Å². The fourth-order valence-corrected chi connectivity index (χ4v) is 1.21. The maximum absolute atomic E-state index is 10.4. The Labute approximate surface area is 71.7 Å². The molecule has 4 heteroatoms. The molecule has 0 saturated heterocycles. The van der Waals surface area contributed by atoms with Crippen molar-refractivity contribution < 1.29 is 4.79 Å². The minimum Gasteiger partial charge on any atom is -0.369 e. The molecule has 3 N–H and O–H groups in total. The SMILES string of the molecule is N#CCC1(CNCC(N)=O)CC1. The molecule has 66 valence electrons. The quantitative estimate of drug-likeness (QED) is 0.593. The van der Waals surface area contributed by atoms with Crippen LogP contribution in [0.15, 0.2) is 0 Å². The van der Waals surface area contributed by atoms with Crippen LogP contribution in [0.1, 0.15) is 19.3 Å². The van der Waals surface area contributed by atoms with Crippen LogP contribution in [-0.2, 0) is 4.79 Å². The standard InChI is InChI=1S/C8H13N3O/c9-4-3-8(1-2-8)6-11-5-7(10)12/h11H,1-3,5-6H2,(H2,10,12). The molecule has 1 aliphatic rings. The summed E-state index contributed by atoms with van der Waals surface area (Å²) in [5.74, 6) is -0.345. The highest BCUT2D eigenvalue weighted by Gasteiger charge is 2.41. The van der Waals surface area contributed by atoms with Gasteiger partial charge in [-0.3, -0.25) is 4.79 Å². The van der Waals surface area contributed by atoms with Gasteiger partial charge in [0.1, 0.15) is 0 Å². The molecule has 12 heavy (non-hydrogen) atoms. The maximum Gasteiger partial charge on any atom is 0.231 e. The summed E-state index contributed by atoms with van der Waals surface area (Å²) in [4.78, 5) is 10.4. The summed E-state index contributed by atoms with van der Waals surface area (Å²) in [6.07, 6.45) is 2.76. The molecule has 0 heterocycles. The molecule has 0 atom stereocenters. The second kappa shape index (κ2) is 3.55. The number of nitrogens with zero attached hydrogens (tertiary/aromatic N) is 1.